The largest absolute Gasteiger partial charge is 0.488 e. The SMILES string of the molecule is CN1CC(Oc2ccc(C3(N)CCC3)cc2)C1. The maximum atomic E-state index is 6.28. The van der Waals surface area contributed by atoms with Gasteiger partial charge in [-0.1, -0.05) is 12.1 Å². The van der Waals surface area contributed by atoms with Gasteiger partial charge in [0.1, 0.15) is 11.9 Å². The summed E-state index contributed by atoms with van der Waals surface area (Å²) < 4.78 is 5.86. The number of hydrogen-bond donors (Lipinski definition) is 1. The first kappa shape index (κ1) is 11.1. The van der Waals surface area contributed by atoms with Gasteiger partial charge in [0.15, 0.2) is 0 Å². The van der Waals surface area contributed by atoms with Crippen molar-refractivity contribution in [1.82, 2.24) is 4.90 Å². The van der Waals surface area contributed by atoms with E-state index in [9.17, 15) is 0 Å². The van der Waals surface area contributed by atoms with Crippen molar-refractivity contribution in [3.8, 4) is 5.75 Å². The highest BCUT2D eigenvalue weighted by atomic mass is 16.5. The van der Waals surface area contributed by atoms with E-state index in [1.165, 1.54) is 12.0 Å². The van der Waals surface area contributed by atoms with Crippen molar-refractivity contribution < 1.29 is 4.74 Å². The average Bonchev–Trinajstić information content (AvgIpc) is 2.25. The first-order valence-electron chi connectivity index (χ1n) is 6.40. The van der Waals surface area contributed by atoms with Crippen LogP contribution in [0.3, 0.4) is 0 Å². The molecule has 3 nitrogen and oxygen atoms in total. The van der Waals surface area contributed by atoms with Crippen molar-refractivity contribution in [2.24, 2.45) is 5.73 Å². The Bertz CT molecular complexity index is 391. The number of nitrogens with zero attached hydrogens (tertiary/aromatic N) is 1. The molecule has 17 heavy (non-hydrogen) atoms. The number of benzene rings is 1. The van der Waals surface area contributed by atoms with E-state index in [1.54, 1.807) is 0 Å². The summed E-state index contributed by atoms with van der Waals surface area (Å²) in [5, 5.41) is 0. The zero-order valence-electron chi connectivity index (χ0n) is 10.4. The fourth-order valence-electron chi connectivity index (χ4n) is 2.62. The summed E-state index contributed by atoms with van der Waals surface area (Å²) in [6.45, 7) is 2.06. The van der Waals surface area contributed by atoms with Crippen molar-refractivity contribution in [1.29, 1.82) is 0 Å². The zero-order chi connectivity index (χ0) is 11.9. The van der Waals surface area contributed by atoms with Crippen LogP contribution in [0.1, 0.15) is 24.8 Å². The lowest BCUT2D eigenvalue weighted by Gasteiger charge is -2.39. The van der Waals surface area contributed by atoms with Gasteiger partial charge in [0.05, 0.1) is 0 Å². The van der Waals surface area contributed by atoms with E-state index in [-0.39, 0.29) is 5.54 Å². The van der Waals surface area contributed by atoms with Crippen LogP contribution in [0, 0.1) is 0 Å². The van der Waals surface area contributed by atoms with Crippen LogP contribution in [0.2, 0.25) is 0 Å². The second-order valence-electron chi connectivity index (χ2n) is 5.50. The summed E-state index contributed by atoms with van der Waals surface area (Å²) >= 11 is 0. The smallest absolute Gasteiger partial charge is 0.124 e. The van der Waals surface area contributed by atoms with Gasteiger partial charge < -0.3 is 10.5 Å². The summed E-state index contributed by atoms with van der Waals surface area (Å²) in [7, 11) is 2.11. The highest BCUT2D eigenvalue weighted by Gasteiger charge is 2.34. The maximum Gasteiger partial charge on any atom is 0.124 e. The van der Waals surface area contributed by atoms with E-state index in [0.717, 1.165) is 31.7 Å². The molecule has 1 aliphatic carbocycles. The number of hydrogen-bond acceptors (Lipinski definition) is 3. The van der Waals surface area contributed by atoms with Crippen LogP contribution in [0.25, 0.3) is 0 Å². The molecule has 0 amide bonds. The summed E-state index contributed by atoms with van der Waals surface area (Å²) in [6, 6.07) is 8.36. The Morgan fingerprint density at radius 1 is 1.24 bits per heavy atom. The van der Waals surface area contributed by atoms with Gasteiger partial charge in [0.25, 0.3) is 0 Å². The van der Waals surface area contributed by atoms with Crippen molar-refractivity contribution in [2.45, 2.75) is 30.9 Å². The number of likely N-dealkylation sites (tertiary alicyclic amines) is 1. The van der Waals surface area contributed by atoms with Gasteiger partial charge in [-0.15, -0.1) is 0 Å². The van der Waals surface area contributed by atoms with Crippen LogP contribution < -0.4 is 10.5 Å². The molecule has 0 bridgehead atoms. The molecule has 2 N–H and O–H groups in total. The monoisotopic (exact) mass is 232 g/mol. The topological polar surface area (TPSA) is 38.5 Å². The van der Waals surface area contributed by atoms with E-state index in [0.29, 0.717) is 6.10 Å². The third-order valence-corrected chi connectivity index (χ3v) is 4.01. The van der Waals surface area contributed by atoms with Crippen LogP contribution in [0.5, 0.6) is 5.75 Å². The van der Waals surface area contributed by atoms with Crippen LogP contribution in [0.4, 0.5) is 0 Å². The third kappa shape index (κ3) is 2.05. The summed E-state index contributed by atoms with van der Waals surface area (Å²) in [5.74, 6) is 0.967. The number of rotatable bonds is 3. The molecule has 2 aliphatic rings. The van der Waals surface area contributed by atoms with E-state index in [1.807, 2.05) is 0 Å². The fraction of sp³-hybridized carbons (Fsp3) is 0.571. The molecule has 0 radical (unpaired) electrons. The van der Waals surface area contributed by atoms with Gasteiger partial charge in [0, 0.05) is 18.6 Å². The van der Waals surface area contributed by atoms with Gasteiger partial charge in [0.2, 0.25) is 0 Å². The van der Waals surface area contributed by atoms with Crippen molar-refractivity contribution in [3.63, 3.8) is 0 Å². The number of nitrogens with two attached hydrogens (primary N) is 1. The van der Waals surface area contributed by atoms with Crippen molar-refractivity contribution in [2.75, 3.05) is 20.1 Å². The van der Waals surface area contributed by atoms with Crippen LogP contribution in [-0.2, 0) is 5.54 Å². The average molecular weight is 232 g/mol. The molecule has 1 aromatic rings. The van der Waals surface area contributed by atoms with Gasteiger partial charge in [-0.3, -0.25) is 4.90 Å². The summed E-state index contributed by atoms with van der Waals surface area (Å²) in [4.78, 5) is 2.25. The molecule has 0 atom stereocenters. The Balaban J connectivity index is 1.64. The molecule has 1 heterocycles. The molecule has 0 unspecified atom stereocenters. The minimum atomic E-state index is -0.0603. The van der Waals surface area contributed by atoms with Gasteiger partial charge in [-0.25, -0.2) is 0 Å². The number of ether oxygens (including phenoxy) is 1. The molecular weight excluding hydrogens is 212 g/mol. The third-order valence-electron chi connectivity index (χ3n) is 4.01. The predicted octanol–water partition coefficient (Wildman–Crippen LogP) is 1.72. The molecule has 2 fully saturated rings. The Morgan fingerprint density at radius 2 is 1.88 bits per heavy atom. The first-order chi connectivity index (χ1) is 8.16. The highest BCUT2D eigenvalue weighted by molar-refractivity contribution is 5.33. The van der Waals surface area contributed by atoms with E-state index >= 15 is 0 Å². The summed E-state index contributed by atoms with van der Waals surface area (Å²) in [5.41, 5.74) is 7.47. The molecule has 3 rings (SSSR count). The normalized spacial score (nSPS) is 23.9. The predicted molar refractivity (Wildman–Crippen MR) is 68.1 cm³/mol. The van der Waals surface area contributed by atoms with E-state index in [4.69, 9.17) is 10.5 Å². The minimum absolute atomic E-state index is 0.0603. The minimum Gasteiger partial charge on any atom is -0.488 e. The highest BCUT2D eigenvalue weighted by Crippen LogP contribution is 2.39. The Hall–Kier alpha value is -1.06. The van der Waals surface area contributed by atoms with Crippen LogP contribution >= 0.6 is 0 Å². The van der Waals surface area contributed by atoms with Crippen molar-refractivity contribution >= 4 is 0 Å². The summed E-state index contributed by atoms with van der Waals surface area (Å²) in [6.07, 6.45) is 3.84. The van der Waals surface area contributed by atoms with Crippen LogP contribution in [0.15, 0.2) is 24.3 Å². The van der Waals surface area contributed by atoms with Gasteiger partial charge in [-0.05, 0) is 44.0 Å². The standard InChI is InChI=1S/C14H20N2O/c1-16-9-13(10-16)17-12-5-3-11(4-6-12)14(15)7-2-8-14/h3-6,13H,2,7-10,15H2,1H3. The van der Waals surface area contributed by atoms with Crippen LogP contribution in [-0.4, -0.2) is 31.1 Å². The Labute approximate surface area is 103 Å². The second-order valence-corrected chi connectivity index (χ2v) is 5.50. The molecule has 1 aromatic carbocycles. The molecule has 3 heteroatoms. The Kier molecular flexibility index (Phi) is 2.60. The van der Waals surface area contributed by atoms with Gasteiger partial charge in [-0.2, -0.15) is 0 Å². The molecule has 0 spiro atoms. The lowest BCUT2D eigenvalue weighted by atomic mass is 9.73. The fourth-order valence-corrected chi connectivity index (χ4v) is 2.62. The lowest BCUT2D eigenvalue weighted by Crippen LogP contribution is -2.51. The molecule has 0 aromatic heterocycles. The van der Waals surface area contributed by atoms with Gasteiger partial charge >= 0.3 is 0 Å². The van der Waals surface area contributed by atoms with Crippen molar-refractivity contribution in [3.05, 3.63) is 29.8 Å². The molecular formula is C14H20N2O. The molecule has 1 saturated heterocycles. The van der Waals surface area contributed by atoms with E-state index in [2.05, 4.69) is 36.2 Å². The molecule has 1 saturated carbocycles. The molecule has 92 valence electrons. The molecule has 1 aliphatic heterocycles. The zero-order valence-corrected chi connectivity index (χ0v) is 10.4. The quantitative estimate of drug-likeness (QED) is 0.862. The number of likely N-dealkylation sites (N-methyl/N-ethyl adjacent to an activating group) is 1. The second kappa shape index (κ2) is 4.00. The Morgan fingerprint density at radius 3 is 2.35 bits per heavy atom. The maximum absolute atomic E-state index is 6.28. The first-order valence-corrected chi connectivity index (χ1v) is 6.40. The lowest BCUT2D eigenvalue weighted by molar-refractivity contribution is 0.0388. The van der Waals surface area contributed by atoms with E-state index < -0.39 is 0 Å².